The molecule has 0 atom stereocenters. The lowest BCUT2D eigenvalue weighted by Gasteiger charge is -2.41. The van der Waals surface area contributed by atoms with Gasteiger partial charge in [0.05, 0.1) is 11.4 Å². The number of nitrogens with one attached hydrogen (secondary N) is 2. The van der Waals surface area contributed by atoms with Crippen LogP contribution in [0.2, 0.25) is 0 Å². The fraction of sp³-hybridized carbons (Fsp3) is 0.400. The number of nitrogens with zero attached hydrogens (tertiary/aromatic N) is 4. The van der Waals surface area contributed by atoms with Crippen molar-refractivity contribution in [2.24, 2.45) is 0 Å². The highest BCUT2D eigenvalue weighted by molar-refractivity contribution is 7.15. The van der Waals surface area contributed by atoms with Gasteiger partial charge in [-0.15, -0.1) is 21.5 Å². The van der Waals surface area contributed by atoms with E-state index < -0.39 is 0 Å². The molecule has 3 aromatic rings. The van der Waals surface area contributed by atoms with Gasteiger partial charge in [0.1, 0.15) is 22.3 Å². The van der Waals surface area contributed by atoms with Crippen molar-refractivity contribution < 1.29 is 4.39 Å². The molecular weight excluding hydrogens is 375 g/mol. The number of hydrogen-bond donors (Lipinski definition) is 2. The molecule has 2 aliphatic rings. The Morgan fingerprint density at radius 1 is 1.21 bits per heavy atom. The molecule has 1 aliphatic heterocycles. The molecule has 2 N–H and O–H groups in total. The molecule has 1 aliphatic carbocycles. The molecule has 8 heteroatoms. The average Bonchev–Trinajstić information content (AvgIpc) is 3.13. The average molecular weight is 396 g/mol. The lowest BCUT2D eigenvalue weighted by molar-refractivity contribution is 0.243. The van der Waals surface area contributed by atoms with Crippen molar-refractivity contribution in [2.75, 3.05) is 18.4 Å². The van der Waals surface area contributed by atoms with Crippen molar-refractivity contribution in [1.82, 2.24) is 25.5 Å². The zero-order valence-corrected chi connectivity index (χ0v) is 16.2. The van der Waals surface area contributed by atoms with Gasteiger partial charge in [0.25, 0.3) is 0 Å². The Bertz CT molecular complexity index is 959. The van der Waals surface area contributed by atoms with Gasteiger partial charge in [-0.1, -0.05) is 6.42 Å². The Balaban J connectivity index is 1.30. The van der Waals surface area contributed by atoms with E-state index in [-0.39, 0.29) is 11.2 Å². The molecule has 3 aromatic heterocycles. The van der Waals surface area contributed by atoms with Crippen LogP contribution in [-0.2, 0) is 18.4 Å². The SMILES string of the molecule is Fc1cccnc1C1(CNc2ccc(-c3nc4c(s3)CNCC4)nn2)CCC1. The van der Waals surface area contributed by atoms with Gasteiger partial charge in [-0.05, 0) is 37.1 Å². The second-order valence-electron chi connectivity index (χ2n) is 7.44. The number of thiazole rings is 1. The van der Waals surface area contributed by atoms with E-state index in [1.165, 1.54) is 16.6 Å². The third-order valence-electron chi connectivity index (χ3n) is 5.67. The van der Waals surface area contributed by atoms with Crippen molar-refractivity contribution in [3.05, 3.63) is 52.5 Å². The number of anilines is 1. The number of aromatic nitrogens is 4. The maximum atomic E-state index is 14.2. The lowest BCUT2D eigenvalue weighted by atomic mass is 9.66. The summed E-state index contributed by atoms with van der Waals surface area (Å²) in [6, 6.07) is 6.99. The van der Waals surface area contributed by atoms with Crippen LogP contribution in [0.15, 0.2) is 30.5 Å². The van der Waals surface area contributed by atoms with Crippen LogP contribution in [-0.4, -0.2) is 33.3 Å². The van der Waals surface area contributed by atoms with Crippen molar-refractivity contribution in [2.45, 2.75) is 37.6 Å². The highest BCUT2D eigenvalue weighted by Gasteiger charge is 2.41. The van der Waals surface area contributed by atoms with E-state index >= 15 is 0 Å². The predicted octanol–water partition coefficient (Wildman–Crippen LogP) is 3.31. The number of fused-ring (bicyclic) bond motifs is 1. The maximum Gasteiger partial charge on any atom is 0.148 e. The third-order valence-corrected chi connectivity index (χ3v) is 6.79. The molecule has 6 nitrogen and oxygen atoms in total. The number of hydrogen-bond acceptors (Lipinski definition) is 7. The van der Waals surface area contributed by atoms with Crippen LogP contribution in [0, 0.1) is 5.82 Å². The van der Waals surface area contributed by atoms with Gasteiger partial charge in [0, 0.05) is 42.5 Å². The maximum absolute atomic E-state index is 14.2. The van der Waals surface area contributed by atoms with E-state index in [4.69, 9.17) is 4.98 Å². The molecule has 5 rings (SSSR count). The van der Waals surface area contributed by atoms with Crippen LogP contribution in [0.25, 0.3) is 10.7 Å². The molecule has 0 saturated heterocycles. The molecule has 28 heavy (non-hydrogen) atoms. The topological polar surface area (TPSA) is 75.6 Å². The summed E-state index contributed by atoms with van der Waals surface area (Å²) in [5.41, 5.74) is 2.26. The van der Waals surface area contributed by atoms with Gasteiger partial charge in [-0.25, -0.2) is 9.37 Å². The Morgan fingerprint density at radius 2 is 2.14 bits per heavy atom. The Kier molecular flexibility index (Phi) is 4.52. The zero-order chi connectivity index (χ0) is 19.0. The first-order valence-electron chi connectivity index (χ1n) is 9.62. The normalized spacial score (nSPS) is 17.6. The number of pyridine rings is 1. The van der Waals surface area contributed by atoms with Crippen molar-refractivity contribution in [3.63, 3.8) is 0 Å². The fourth-order valence-electron chi connectivity index (χ4n) is 3.91. The molecule has 144 valence electrons. The second kappa shape index (κ2) is 7.18. The first-order chi connectivity index (χ1) is 13.7. The largest absolute Gasteiger partial charge is 0.368 e. The highest BCUT2D eigenvalue weighted by Crippen LogP contribution is 2.43. The van der Waals surface area contributed by atoms with E-state index in [1.54, 1.807) is 23.6 Å². The van der Waals surface area contributed by atoms with E-state index in [1.807, 2.05) is 12.1 Å². The van der Waals surface area contributed by atoms with Crippen molar-refractivity contribution in [1.29, 1.82) is 0 Å². The van der Waals surface area contributed by atoms with Crippen LogP contribution in [0.5, 0.6) is 0 Å². The van der Waals surface area contributed by atoms with E-state index in [0.29, 0.717) is 18.1 Å². The van der Waals surface area contributed by atoms with Gasteiger partial charge in [-0.3, -0.25) is 4.98 Å². The summed E-state index contributed by atoms with van der Waals surface area (Å²) < 4.78 is 14.2. The summed E-state index contributed by atoms with van der Waals surface area (Å²) in [6.07, 6.45) is 5.57. The summed E-state index contributed by atoms with van der Waals surface area (Å²) in [5, 5.41) is 16.3. The Labute approximate surface area is 166 Å². The van der Waals surface area contributed by atoms with Gasteiger partial charge in [0.15, 0.2) is 0 Å². The van der Waals surface area contributed by atoms with Gasteiger partial charge < -0.3 is 10.6 Å². The molecule has 4 heterocycles. The molecule has 1 saturated carbocycles. The third kappa shape index (κ3) is 3.16. The molecular formula is C20H21FN6S. The summed E-state index contributed by atoms with van der Waals surface area (Å²) in [5.74, 6) is 0.460. The van der Waals surface area contributed by atoms with Gasteiger partial charge in [-0.2, -0.15) is 0 Å². The monoisotopic (exact) mass is 396 g/mol. The van der Waals surface area contributed by atoms with Crippen LogP contribution >= 0.6 is 11.3 Å². The molecule has 1 fully saturated rings. The van der Waals surface area contributed by atoms with Gasteiger partial charge >= 0.3 is 0 Å². The molecule has 0 amide bonds. The van der Waals surface area contributed by atoms with E-state index in [9.17, 15) is 4.39 Å². The molecule has 0 spiro atoms. The Hall–Kier alpha value is -2.45. The van der Waals surface area contributed by atoms with Crippen molar-refractivity contribution >= 4 is 17.2 Å². The van der Waals surface area contributed by atoms with Crippen LogP contribution in [0.3, 0.4) is 0 Å². The van der Waals surface area contributed by atoms with Gasteiger partial charge in [0.2, 0.25) is 0 Å². The first-order valence-corrected chi connectivity index (χ1v) is 10.4. The van der Waals surface area contributed by atoms with Crippen LogP contribution in [0.1, 0.15) is 35.5 Å². The first kappa shape index (κ1) is 17.6. The quantitative estimate of drug-likeness (QED) is 0.689. The molecule has 0 aromatic carbocycles. The lowest BCUT2D eigenvalue weighted by Crippen LogP contribution is -2.42. The summed E-state index contributed by atoms with van der Waals surface area (Å²) in [7, 11) is 0. The second-order valence-corrected chi connectivity index (χ2v) is 8.52. The van der Waals surface area contributed by atoms with Crippen LogP contribution in [0.4, 0.5) is 10.2 Å². The standard InChI is InChI=1S/C20H21FN6S/c21-13-3-1-9-23-18(13)20(7-2-8-20)12-24-17-5-4-15(26-27-17)19-25-14-6-10-22-11-16(14)28-19/h1,3-5,9,22H,2,6-8,10-12H2,(H,24,27). The summed E-state index contributed by atoms with van der Waals surface area (Å²) in [6.45, 7) is 2.46. The van der Waals surface area contributed by atoms with E-state index in [2.05, 4.69) is 25.8 Å². The summed E-state index contributed by atoms with van der Waals surface area (Å²) in [4.78, 5) is 10.3. The van der Waals surface area contributed by atoms with E-state index in [0.717, 1.165) is 49.5 Å². The molecule has 0 radical (unpaired) electrons. The molecule has 0 bridgehead atoms. The smallest absolute Gasteiger partial charge is 0.148 e. The fourth-order valence-corrected chi connectivity index (χ4v) is 4.95. The minimum absolute atomic E-state index is 0.229. The summed E-state index contributed by atoms with van der Waals surface area (Å²) >= 11 is 1.68. The van der Waals surface area contributed by atoms with Crippen molar-refractivity contribution in [3.8, 4) is 10.7 Å². The predicted molar refractivity (Wildman–Crippen MR) is 107 cm³/mol. The zero-order valence-electron chi connectivity index (χ0n) is 15.4. The van der Waals surface area contributed by atoms with Crippen LogP contribution < -0.4 is 10.6 Å². The number of halogens is 1. The number of rotatable bonds is 5. The Morgan fingerprint density at radius 3 is 2.86 bits per heavy atom. The minimum Gasteiger partial charge on any atom is -0.368 e. The molecule has 0 unspecified atom stereocenters. The minimum atomic E-state index is -0.257. The highest BCUT2D eigenvalue weighted by atomic mass is 32.1.